The summed E-state index contributed by atoms with van der Waals surface area (Å²) in [4.78, 5) is 29.8. The van der Waals surface area contributed by atoms with Crippen LogP contribution < -0.4 is 9.62 Å². The summed E-state index contributed by atoms with van der Waals surface area (Å²) in [7, 11) is -4.19. The third-order valence-corrected chi connectivity index (χ3v) is 9.51. The predicted octanol–water partition coefficient (Wildman–Crippen LogP) is 6.40. The molecule has 0 aliphatic heterocycles. The van der Waals surface area contributed by atoms with Crippen molar-refractivity contribution in [2.24, 2.45) is 0 Å². The van der Waals surface area contributed by atoms with E-state index in [-0.39, 0.29) is 29.8 Å². The van der Waals surface area contributed by atoms with Crippen LogP contribution in [0.4, 0.5) is 5.69 Å². The Balaban J connectivity index is 1.79. The van der Waals surface area contributed by atoms with Crippen molar-refractivity contribution in [1.29, 1.82) is 0 Å². The SMILES string of the molecule is CCC(C)NC(=O)C(Cc1ccccc1)N(Cc1ccccc1)C(=O)CN(c1ccc(C)cc1)S(=O)(=O)c1ccc(Cl)cc1. The highest BCUT2D eigenvalue weighted by molar-refractivity contribution is 7.92. The van der Waals surface area contributed by atoms with Gasteiger partial charge in [-0.05, 0) is 67.8 Å². The molecule has 0 aliphatic carbocycles. The minimum atomic E-state index is -4.19. The highest BCUT2D eigenvalue weighted by atomic mass is 35.5. The van der Waals surface area contributed by atoms with Gasteiger partial charge in [0.1, 0.15) is 12.6 Å². The predicted molar refractivity (Wildman–Crippen MR) is 176 cm³/mol. The quantitative estimate of drug-likeness (QED) is 0.185. The number of rotatable bonds is 13. The van der Waals surface area contributed by atoms with Gasteiger partial charge in [-0.3, -0.25) is 13.9 Å². The van der Waals surface area contributed by atoms with Crippen LogP contribution in [0.3, 0.4) is 0 Å². The summed E-state index contributed by atoms with van der Waals surface area (Å²) in [5.41, 5.74) is 2.98. The summed E-state index contributed by atoms with van der Waals surface area (Å²) in [6.45, 7) is 5.40. The maximum Gasteiger partial charge on any atom is 0.264 e. The van der Waals surface area contributed by atoms with Crippen molar-refractivity contribution in [3.05, 3.63) is 131 Å². The molecule has 0 fully saturated rings. The molecule has 0 radical (unpaired) electrons. The van der Waals surface area contributed by atoms with Crippen molar-refractivity contribution in [3.63, 3.8) is 0 Å². The zero-order valence-electron chi connectivity index (χ0n) is 25.2. The number of sulfonamides is 1. The van der Waals surface area contributed by atoms with Crippen LogP contribution in [0.5, 0.6) is 0 Å². The molecule has 0 bridgehead atoms. The number of nitrogens with zero attached hydrogens (tertiary/aromatic N) is 2. The monoisotopic (exact) mass is 631 g/mol. The van der Waals surface area contributed by atoms with Crippen molar-refractivity contribution in [1.82, 2.24) is 10.2 Å². The molecule has 44 heavy (non-hydrogen) atoms. The van der Waals surface area contributed by atoms with Gasteiger partial charge in [0.05, 0.1) is 10.6 Å². The number of halogens is 1. The van der Waals surface area contributed by atoms with Crippen LogP contribution in [0.1, 0.15) is 37.0 Å². The zero-order valence-corrected chi connectivity index (χ0v) is 26.8. The average Bonchev–Trinajstić information content (AvgIpc) is 3.03. The summed E-state index contributed by atoms with van der Waals surface area (Å²) in [5.74, 6) is -0.804. The van der Waals surface area contributed by atoms with E-state index in [1.54, 1.807) is 24.3 Å². The molecule has 230 valence electrons. The van der Waals surface area contributed by atoms with E-state index >= 15 is 0 Å². The topological polar surface area (TPSA) is 86.8 Å². The maximum absolute atomic E-state index is 14.4. The standard InChI is InChI=1S/C35H38ClN3O4S/c1-4-27(3)37-35(41)33(23-28-11-7-5-8-12-28)38(24-29-13-9-6-10-14-29)34(40)25-39(31-19-15-26(2)16-20-31)44(42,43)32-21-17-30(36)18-22-32/h5-22,27,33H,4,23-25H2,1-3H3,(H,37,41). The molecule has 0 saturated carbocycles. The molecule has 1 N–H and O–H groups in total. The fourth-order valence-corrected chi connectivity index (χ4v) is 6.29. The molecule has 4 rings (SSSR count). The van der Waals surface area contributed by atoms with Crippen LogP contribution in [0.15, 0.2) is 114 Å². The number of benzene rings is 4. The van der Waals surface area contributed by atoms with Gasteiger partial charge in [-0.2, -0.15) is 0 Å². The Labute approximate surface area is 265 Å². The lowest BCUT2D eigenvalue weighted by molar-refractivity contribution is -0.140. The lowest BCUT2D eigenvalue weighted by Crippen LogP contribution is -2.54. The second-order valence-corrected chi connectivity index (χ2v) is 13.1. The number of amides is 2. The largest absolute Gasteiger partial charge is 0.352 e. The van der Waals surface area contributed by atoms with Gasteiger partial charge in [0.2, 0.25) is 11.8 Å². The van der Waals surface area contributed by atoms with E-state index in [0.29, 0.717) is 10.7 Å². The number of hydrogen-bond donors (Lipinski definition) is 1. The molecule has 7 nitrogen and oxygen atoms in total. The summed E-state index contributed by atoms with van der Waals surface area (Å²) in [5, 5.41) is 3.44. The van der Waals surface area contributed by atoms with Gasteiger partial charge < -0.3 is 10.2 Å². The van der Waals surface area contributed by atoms with E-state index in [1.807, 2.05) is 81.4 Å². The fourth-order valence-electron chi connectivity index (χ4n) is 4.75. The Morgan fingerprint density at radius 2 is 1.39 bits per heavy atom. The van der Waals surface area contributed by atoms with Gasteiger partial charge in [0, 0.05) is 24.0 Å². The van der Waals surface area contributed by atoms with Crippen molar-refractivity contribution in [2.45, 2.75) is 57.1 Å². The van der Waals surface area contributed by atoms with Gasteiger partial charge in [-0.1, -0.05) is 96.9 Å². The lowest BCUT2D eigenvalue weighted by Gasteiger charge is -2.34. The summed E-state index contributed by atoms with van der Waals surface area (Å²) >= 11 is 6.05. The van der Waals surface area contributed by atoms with Gasteiger partial charge >= 0.3 is 0 Å². The second-order valence-electron chi connectivity index (χ2n) is 10.8. The Hall–Kier alpha value is -4.14. The summed E-state index contributed by atoms with van der Waals surface area (Å²) in [6.07, 6.45) is 0.979. The first-order chi connectivity index (χ1) is 21.1. The normalized spacial score (nSPS) is 12.6. The first kappa shape index (κ1) is 32.8. The van der Waals surface area contributed by atoms with E-state index < -0.39 is 28.5 Å². The number of hydrogen-bond acceptors (Lipinski definition) is 4. The van der Waals surface area contributed by atoms with Crippen molar-refractivity contribution in [3.8, 4) is 0 Å². The van der Waals surface area contributed by atoms with Crippen LogP contribution in [-0.4, -0.2) is 43.8 Å². The van der Waals surface area contributed by atoms with E-state index in [2.05, 4.69) is 5.32 Å². The molecule has 0 aromatic heterocycles. The fraction of sp³-hybridized carbons (Fsp3) is 0.257. The van der Waals surface area contributed by atoms with Crippen LogP contribution in [0.25, 0.3) is 0 Å². The zero-order chi connectivity index (χ0) is 31.7. The van der Waals surface area contributed by atoms with Crippen LogP contribution in [0, 0.1) is 6.92 Å². The summed E-state index contributed by atoms with van der Waals surface area (Å²) in [6, 6.07) is 30.7. The molecule has 2 atom stereocenters. The van der Waals surface area contributed by atoms with Gasteiger partial charge in [0.25, 0.3) is 10.0 Å². The highest BCUT2D eigenvalue weighted by Gasteiger charge is 2.35. The molecule has 4 aromatic carbocycles. The Bertz CT molecular complexity index is 1630. The molecule has 2 unspecified atom stereocenters. The average molecular weight is 632 g/mol. The molecule has 0 saturated heterocycles. The van der Waals surface area contributed by atoms with E-state index in [4.69, 9.17) is 11.6 Å². The molecule has 9 heteroatoms. The van der Waals surface area contributed by atoms with Crippen molar-refractivity contribution in [2.75, 3.05) is 10.8 Å². The molecule has 2 amide bonds. The van der Waals surface area contributed by atoms with Crippen molar-refractivity contribution < 1.29 is 18.0 Å². The van der Waals surface area contributed by atoms with Crippen LogP contribution in [-0.2, 0) is 32.6 Å². The van der Waals surface area contributed by atoms with E-state index in [0.717, 1.165) is 27.4 Å². The van der Waals surface area contributed by atoms with E-state index in [1.165, 1.54) is 29.2 Å². The third-order valence-electron chi connectivity index (χ3n) is 7.47. The second kappa shape index (κ2) is 15.0. The van der Waals surface area contributed by atoms with Crippen LogP contribution in [0.2, 0.25) is 5.02 Å². The highest BCUT2D eigenvalue weighted by Crippen LogP contribution is 2.26. The van der Waals surface area contributed by atoms with Crippen molar-refractivity contribution >= 4 is 39.1 Å². The van der Waals surface area contributed by atoms with Gasteiger partial charge in [-0.15, -0.1) is 0 Å². The lowest BCUT2D eigenvalue weighted by atomic mass is 10.0. The Morgan fingerprint density at radius 1 is 0.818 bits per heavy atom. The Kier molecular flexibility index (Phi) is 11.2. The minimum absolute atomic E-state index is 0.000216. The summed E-state index contributed by atoms with van der Waals surface area (Å²) < 4.78 is 29.2. The molecule has 4 aromatic rings. The van der Waals surface area contributed by atoms with Gasteiger partial charge in [-0.25, -0.2) is 8.42 Å². The number of carbonyl (C=O) groups excluding carboxylic acids is 2. The van der Waals surface area contributed by atoms with Crippen LogP contribution >= 0.6 is 11.6 Å². The smallest absolute Gasteiger partial charge is 0.264 e. The number of aryl methyl sites for hydroxylation is 1. The maximum atomic E-state index is 14.4. The first-order valence-electron chi connectivity index (χ1n) is 14.6. The minimum Gasteiger partial charge on any atom is -0.352 e. The number of carbonyl (C=O) groups is 2. The molecule has 0 spiro atoms. The van der Waals surface area contributed by atoms with E-state index in [9.17, 15) is 18.0 Å². The molecule has 0 heterocycles. The number of anilines is 1. The molecular formula is C35H38ClN3O4S. The third kappa shape index (κ3) is 8.49. The first-order valence-corrected chi connectivity index (χ1v) is 16.4. The number of nitrogens with one attached hydrogen (secondary N) is 1. The Morgan fingerprint density at radius 3 is 1.95 bits per heavy atom. The molecular weight excluding hydrogens is 594 g/mol. The van der Waals surface area contributed by atoms with Gasteiger partial charge in [0.15, 0.2) is 0 Å². The molecule has 0 aliphatic rings.